The Morgan fingerprint density at radius 3 is 2.76 bits per heavy atom. The second-order valence-corrected chi connectivity index (χ2v) is 8.68. The highest BCUT2D eigenvalue weighted by Crippen LogP contribution is 2.38. The number of fused-ring (bicyclic) bond motifs is 1. The number of benzene rings is 1. The quantitative estimate of drug-likeness (QED) is 0.235. The van der Waals surface area contributed by atoms with Crippen LogP contribution in [-0.2, 0) is 24.1 Å². The number of hydrogen-bond acceptors (Lipinski definition) is 6. The molecule has 0 spiro atoms. The Labute approximate surface area is 204 Å². The highest BCUT2D eigenvalue weighted by molar-refractivity contribution is 7.16. The minimum absolute atomic E-state index is 0.0806. The summed E-state index contributed by atoms with van der Waals surface area (Å²) >= 11 is 1.42. The molecule has 34 heavy (non-hydrogen) atoms. The van der Waals surface area contributed by atoms with Crippen molar-refractivity contribution in [2.45, 2.75) is 39.0 Å². The predicted molar refractivity (Wildman–Crippen MR) is 134 cm³/mol. The molecule has 1 aromatic carbocycles. The second kappa shape index (κ2) is 11.8. The maximum atomic E-state index is 13.0. The average Bonchev–Trinajstić information content (AvgIpc) is 3.19. The Kier molecular flexibility index (Phi) is 8.52. The smallest absolute Gasteiger partial charge is 0.266 e. The molecule has 0 saturated carbocycles. The lowest BCUT2D eigenvalue weighted by molar-refractivity contribution is -0.112. The van der Waals surface area contributed by atoms with Gasteiger partial charge in [-0.2, -0.15) is 10.5 Å². The van der Waals surface area contributed by atoms with Gasteiger partial charge in [0.1, 0.15) is 29.3 Å². The standard InChI is InChI=1S/C27H25N3O3S/c1-4-9-19-13-18(15-23(32-6-3)25(19)33-12-5-2)14-20(16-28)26(31)30-27-22(17-29)21-10-7-8-11-24(21)34-27/h2,4,13-15H,1,6-12H2,3H3,(H,30,31)/b20-14+. The molecule has 0 atom stereocenters. The summed E-state index contributed by atoms with van der Waals surface area (Å²) in [5.41, 5.74) is 2.82. The van der Waals surface area contributed by atoms with Gasteiger partial charge < -0.3 is 14.8 Å². The first-order valence-electron chi connectivity index (χ1n) is 11.0. The average molecular weight is 472 g/mol. The molecule has 1 amide bonds. The number of terminal acetylenes is 1. The van der Waals surface area contributed by atoms with Crippen molar-refractivity contribution in [2.75, 3.05) is 18.5 Å². The molecule has 7 heteroatoms. The van der Waals surface area contributed by atoms with E-state index in [9.17, 15) is 15.3 Å². The molecular formula is C27H25N3O3S. The van der Waals surface area contributed by atoms with Crippen LogP contribution in [0, 0.1) is 35.0 Å². The van der Waals surface area contributed by atoms with Crippen LogP contribution in [0.3, 0.4) is 0 Å². The van der Waals surface area contributed by atoms with E-state index in [-0.39, 0.29) is 12.2 Å². The molecule has 0 bridgehead atoms. The van der Waals surface area contributed by atoms with Crippen molar-refractivity contribution in [1.29, 1.82) is 10.5 Å². The molecule has 1 N–H and O–H groups in total. The van der Waals surface area contributed by atoms with Gasteiger partial charge in [-0.1, -0.05) is 12.0 Å². The number of nitriles is 2. The van der Waals surface area contributed by atoms with Crippen molar-refractivity contribution < 1.29 is 14.3 Å². The maximum Gasteiger partial charge on any atom is 0.266 e. The number of anilines is 1. The molecule has 0 aliphatic heterocycles. The van der Waals surface area contributed by atoms with Crippen LogP contribution in [0.2, 0.25) is 0 Å². The van der Waals surface area contributed by atoms with Crippen LogP contribution in [0.15, 0.2) is 30.4 Å². The third-order valence-electron chi connectivity index (χ3n) is 5.30. The van der Waals surface area contributed by atoms with E-state index in [1.54, 1.807) is 12.1 Å². The van der Waals surface area contributed by atoms with Crippen LogP contribution in [0.1, 0.15) is 46.9 Å². The Balaban J connectivity index is 1.95. The Hall–Kier alpha value is -3.99. The van der Waals surface area contributed by atoms with Gasteiger partial charge in [0.05, 0.1) is 12.2 Å². The van der Waals surface area contributed by atoms with Crippen LogP contribution >= 0.6 is 11.3 Å². The van der Waals surface area contributed by atoms with Gasteiger partial charge in [0.15, 0.2) is 11.5 Å². The number of nitrogens with zero attached hydrogens (tertiary/aromatic N) is 2. The van der Waals surface area contributed by atoms with E-state index in [4.69, 9.17) is 15.9 Å². The summed E-state index contributed by atoms with van der Waals surface area (Å²) in [5, 5.41) is 22.6. The van der Waals surface area contributed by atoms with Crippen LogP contribution < -0.4 is 14.8 Å². The SMILES string of the molecule is C#CCOc1c(CC=C)cc(/C=C(\C#N)C(=O)Nc2sc3c(c2C#N)CCCC3)cc1OCC. The Morgan fingerprint density at radius 1 is 1.29 bits per heavy atom. The third kappa shape index (κ3) is 5.49. The molecule has 6 nitrogen and oxygen atoms in total. The molecule has 1 aliphatic carbocycles. The summed E-state index contributed by atoms with van der Waals surface area (Å²) in [7, 11) is 0. The fourth-order valence-electron chi connectivity index (χ4n) is 3.87. The van der Waals surface area contributed by atoms with E-state index in [1.165, 1.54) is 17.4 Å². The first kappa shape index (κ1) is 24.6. The van der Waals surface area contributed by atoms with Gasteiger partial charge in [0, 0.05) is 10.4 Å². The highest BCUT2D eigenvalue weighted by atomic mass is 32.1. The van der Waals surface area contributed by atoms with Crippen molar-refractivity contribution in [3.63, 3.8) is 0 Å². The summed E-state index contributed by atoms with van der Waals surface area (Å²) in [6.07, 6.45) is 12.9. The minimum Gasteiger partial charge on any atom is -0.490 e. The van der Waals surface area contributed by atoms with Crippen LogP contribution in [0.4, 0.5) is 5.00 Å². The van der Waals surface area contributed by atoms with E-state index in [1.807, 2.05) is 19.1 Å². The van der Waals surface area contributed by atoms with E-state index in [0.29, 0.717) is 40.7 Å². The lowest BCUT2D eigenvalue weighted by Crippen LogP contribution is -2.13. The number of thiophene rings is 1. The van der Waals surface area contributed by atoms with Crippen LogP contribution in [0.25, 0.3) is 6.08 Å². The minimum atomic E-state index is -0.562. The van der Waals surface area contributed by atoms with Crippen molar-refractivity contribution in [3.05, 3.63) is 57.5 Å². The number of aryl methyl sites for hydroxylation is 1. The Morgan fingerprint density at radius 2 is 2.09 bits per heavy atom. The number of nitrogens with one attached hydrogen (secondary N) is 1. The molecule has 0 saturated heterocycles. The number of amides is 1. The molecule has 1 aliphatic rings. The summed E-state index contributed by atoms with van der Waals surface area (Å²) in [5.74, 6) is 2.87. The molecule has 1 aromatic heterocycles. The molecule has 0 radical (unpaired) electrons. The zero-order chi connectivity index (χ0) is 24.5. The van der Waals surface area contributed by atoms with Gasteiger partial charge in [-0.3, -0.25) is 4.79 Å². The molecule has 0 unspecified atom stereocenters. The first-order chi connectivity index (χ1) is 16.6. The fraction of sp³-hybridized carbons (Fsp3) is 0.296. The molecule has 3 rings (SSSR count). The lowest BCUT2D eigenvalue weighted by atomic mass is 9.96. The molecule has 2 aromatic rings. The number of rotatable bonds is 9. The zero-order valence-corrected chi connectivity index (χ0v) is 19.9. The number of allylic oxidation sites excluding steroid dienone is 1. The summed E-state index contributed by atoms with van der Waals surface area (Å²) < 4.78 is 11.4. The van der Waals surface area contributed by atoms with E-state index in [0.717, 1.165) is 41.7 Å². The van der Waals surface area contributed by atoms with Crippen molar-refractivity contribution in [1.82, 2.24) is 0 Å². The first-order valence-corrected chi connectivity index (χ1v) is 11.8. The largest absolute Gasteiger partial charge is 0.490 e. The van der Waals surface area contributed by atoms with E-state index < -0.39 is 5.91 Å². The van der Waals surface area contributed by atoms with Crippen molar-refractivity contribution >= 4 is 28.3 Å². The number of hydrogen-bond donors (Lipinski definition) is 1. The maximum absolute atomic E-state index is 13.0. The summed E-state index contributed by atoms with van der Waals surface area (Å²) in [6, 6.07) is 7.71. The normalized spacial score (nSPS) is 12.5. The van der Waals surface area contributed by atoms with Crippen molar-refractivity contribution in [2.24, 2.45) is 0 Å². The van der Waals surface area contributed by atoms with Gasteiger partial charge in [-0.05, 0) is 68.4 Å². The number of ether oxygens (including phenoxy) is 2. The molecule has 0 fully saturated rings. The van der Waals surface area contributed by atoms with E-state index in [2.05, 4.69) is 23.9 Å². The molecular weight excluding hydrogens is 446 g/mol. The monoisotopic (exact) mass is 471 g/mol. The number of carbonyl (C=O) groups is 1. The molecule has 172 valence electrons. The Bertz CT molecular complexity index is 1250. The molecule has 1 heterocycles. The fourth-order valence-corrected chi connectivity index (χ4v) is 5.11. The van der Waals surface area contributed by atoms with Crippen molar-refractivity contribution in [3.8, 4) is 36.0 Å². The second-order valence-electron chi connectivity index (χ2n) is 7.58. The van der Waals surface area contributed by atoms with E-state index >= 15 is 0 Å². The zero-order valence-electron chi connectivity index (χ0n) is 19.1. The lowest BCUT2D eigenvalue weighted by Gasteiger charge is -2.15. The third-order valence-corrected chi connectivity index (χ3v) is 6.51. The predicted octanol–water partition coefficient (Wildman–Crippen LogP) is 5.18. The van der Waals surface area contributed by atoms with Crippen LogP contribution in [-0.4, -0.2) is 19.1 Å². The topological polar surface area (TPSA) is 95.1 Å². The van der Waals surface area contributed by atoms with Gasteiger partial charge in [-0.15, -0.1) is 24.3 Å². The highest BCUT2D eigenvalue weighted by Gasteiger charge is 2.23. The van der Waals surface area contributed by atoms with Gasteiger partial charge >= 0.3 is 0 Å². The van der Waals surface area contributed by atoms with Gasteiger partial charge in [0.2, 0.25) is 0 Å². The van der Waals surface area contributed by atoms with Gasteiger partial charge in [-0.25, -0.2) is 0 Å². The summed E-state index contributed by atoms with van der Waals surface area (Å²) in [4.78, 5) is 14.1. The van der Waals surface area contributed by atoms with Crippen LogP contribution in [0.5, 0.6) is 11.5 Å². The summed E-state index contributed by atoms with van der Waals surface area (Å²) in [6.45, 7) is 6.12. The van der Waals surface area contributed by atoms with Gasteiger partial charge in [0.25, 0.3) is 5.91 Å². The number of carbonyl (C=O) groups excluding carboxylic acids is 1.